The van der Waals surface area contributed by atoms with Crippen LogP contribution >= 0.6 is 27.7 Å². The molecule has 0 fully saturated rings. The first-order chi connectivity index (χ1) is 8.38. The number of carboxylic acid groups (broad SMARTS) is 1. The van der Waals surface area contributed by atoms with Crippen molar-refractivity contribution in [1.29, 1.82) is 5.26 Å². The van der Waals surface area contributed by atoms with Gasteiger partial charge in [0.2, 0.25) is 0 Å². The molecule has 0 saturated carbocycles. The van der Waals surface area contributed by atoms with Crippen molar-refractivity contribution in [2.75, 3.05) is 0 Å². The van der Waals surface area contributed by atoms with Crippen LogP contribution in [0.5, 0.6) is 0 Å². The Morgan fingerprint density at radius 3 is 2.61 bits per heavy atom. The summed E-state index contributed by atoms with van der Waals surface area (Å²) < 4.78 is 14.0. The molecule has 0 amide bonds. The highest BCUT2D eigenvalue weighted by molar-refractivity contribution is 9.10. The third-order valence-corrected chi connectivity index (χ3v) is 4.61. The van der Waals surface area contributed by atoms with Gasteiger partial charge in [0.25, 0.3) is 0 Å². The average molecular weight is 332 g/mol. The SMILES string of the molecule is CC(C)C(Sc1ccc(C#N)c(Br)c1F)C(=O)O. The second-order valence-electron chi connectivity index (χ2n) is 3.97. The molecule has 96 valence electrons. The maximum absolute atomic E-state index is 13.9. The van der Waals surface area contributed by atoms with Crippen molar-refractivity contribution in [3.05, 3.63) is 28.0 Å². The predicted molar refractivity (Wildman–Crippen MR) is 70.9 cm³/mol. The molecule has 1 atom stereocenters. The van der Waals surface area contributed by atoms with E-state index < -0.39 is 17.0 Å². The van der Waals surface area contributed by atoms with Gasteiger partial charge in [0, 0.05) is 4.90 Å². The van der Waals surface area contributed by atoms with Crippen molar-refractivity contribution in [1.82, 2.24) is 0 Å². The van der Waals surface area contributed by atoms with E-state index in [0.717, 1.165) is 11.8 Å². The number of hydrogen-bond acceptors (Lipinski definition) is 3. The van der Waals surface area contributed by atoms with Crippen LogP contribution in [-0.2, 0) is 4.79 Å². The van der Waals surface area contributed by atoms with E-state index in [1.165, 1.54) is 12.1 Å². The highest BCUT2D eigenvalue weighted by atomic mass is 79.9. The minimum atomic E-state index is -0.977. The largest absolute Gasteiger partial charge is 0.480 e. The summed E-state index contributed by atoms with van der Waals surface area (Å²) in [5.41, 5.74) is 0.188. The van der Waals surface area contributed by atoms with Crippen molar-refractivity contribution >= 4 is 33.7 Å². The van der Waals surface area contributed by atoms with Crippen molar-refractivity contribution in [3.63, 3.8) is 0 Å². The van der Waals surface area contributed by atoms with E-state index in [1.807, 2.05) is 6.07 Å². The van der Waals surface area contributed by atoms with Gasteiger partial charge in [-0.1, -0.05) is 13.8 Å². The van der Waals surface area contributed by atoms with Crippen molar-refractivity contribution in [2.24, 2.45) is 5.92 Å². The van der Waals surface area contributed by atoms with Gasteiger partial charge in [-0.15, -0.1) is 11.8 Å². The van der Waals surface area contributed by atoms with Crippen LogP contribution in [-0.4, -0.2) is 16.3 Å². The molecule has 3 nitrogen and oxygen atoms in total. The Labute approximate surface area is 117 Å². The molecule has 0 aliphatic carbocycles. The summed E-state index contributed by atoms with van der Waals surface area (Å²) >= 11 is 3.95. The molecule has 1 aromatic carbocycles. The van der Waals surface area contributed by atoms with Gasteiger partial charge in [-0.25, -0.2) is 4.39 Å². The molecule has 18 heavy (non-hydrogen) atoms. The molecular formula is C12H11BrFNO2S. The lowest BCUT2D eigenvalue weighted by atomic mass is 10.1. The Hall–Kier alpha value is -1.06. The minimum Gasteiger partial charge on any atom is -0.480 e. The number of nitrogens with zero attached hydrogens (tertiary/aromatic N) is 1. The van der Waals surface area contributed by atoms with Crippen LogP contribution < -0.4 is 0 Å². The standard InChI is InChI=1S/C12H11BrFNO2S/c1-6(2)11(12(16)17)18-8-4-3-7(5-15)9(13)10(8)14/h3-4,6,11H,1-2H3,(H,16,17). The smallest absolute Gasteiger partial charge is 0.317 e. The van der Waals surface area contributed by atoms with Crippen LogP contribution in [0.3, 0.4) is 0 Å². The summed E-state index contributed by atoms with van der Waals surface area (Å²) in [6.45, 7) is 3.53. The molecule has 1 aromatic rings. The summed E-state index contributed by atoms with van der Waals surface area (Å²) in [5, 5.41) is 17.1. The number of halogens is 2. The molecule has 1 rings (SSSR count). The van der Waals surface area contributed by atoms with Crippen LogP contribution in [0, 0.1) is 23.1 Å². The van der Waals surface area contributed by atoms with E-state index in [9.17, 15) is 9.18 Å². The predicted octanol–water partition coefficient (Wildman–Crippen LogP) is 3.66. The number of nitriles is 1. The van der Waals surface area contributed by atoms with Crippen LogP contribution in [0.15, 0.2) is 21.5 Å². The van der Waals surface area contributed by atoms with E-state index in [2.05, 4.69) is 15.9 Å². The third-order valence-electron chi connectivity index (χ3n) is 2.27. The Kier molecular flexibility index (Phi) is 5.17. The van der Waals surface area contributed by atoms with Gasteiger partial charge in [0.05, 0.1) is 10.0 Å². The van der Waals surface area contributed by atoms with Crippen molar-refractivity contribution in [3.8, 4) is 6.07 Å². The molecule has 1 N–H and O–H groups in total. The van der Waals surface area contributed by atoms with Gasteiger partial charge in [0.1, 0.15) is 11.3 Å². The van der Waals surface area contributed by atoms with Crippen LogP contribution in [0.2, 0.25) is 0 Å². The number of aliphatic carboxylic acids is 1. The maximum Gasteiger partial charge on any atom is 0.317 e. The molecule has 1 unspecified atom stereocenters. The molecule has 0 heterocycles. The molecule has 0 radical (unpaired) electrons. The zero-order valence-electron chi connectivity index (χ0n) is 9.78. The molecule has 6 heteroatoms. The number of carbonyl (C=O) groups is 1. The minimum absolute atomic E-state index is 0.0721. The summed E-state index contributed by atoms with van der Waals surface area (Å²) in [7, 11) is 0. The Balaban J connectivity index is 3.09. The van der Waals surface area contributed by atoms with E-state index in [0.29, 0.717) is 0 Å². The normalized spacial score (nSPS) is 12.2. The molecular weight excluding hydrogens is 321 g/mol. The number of carboxylic acids is 1. The number of rotatable bonds is 4. The van der Waals surface area contributed by atoms with Crippen LogP contribution in [0.4, 0.5) is 4.39 Å². The fourth-order valence-electron chi connectivity index (χ4n) is 1.32. The second kappa shape index (κ2) is 6.21. The van der Waals surface area contributed by atoms with Gasteiger partial charge >= 0.3 is 5.97 Å². The van der Waals surface area contributed by atoms with Crippen LogP contribution in [0.25, 0.3) is 0 Å². The first-order valence-corrected chi connectivity index (χ1v) is 6.83. The fourth-order valence-corrected chi connectivity index (χ4v) is 2.88. The number of hydrogen-bond donors (Lipinski definition) is 1. The number of thioether (sulfide) groups is 1. The second-order valence-corrected chi connectivity index (χ2v) is 5.95. The van der Waals surface area contributed by atoms with Crippen molar-refractivity contribution in [2.45, 2.75) is 24.0 Å². The molecule has 0 aliphatic heterocycles. The highest BCUT2D eigenvalue weighted by Gasteiger charge is 2.25. The Bertz CT molecular complexity index is 514. The summed E-state index contributed by atoms with van der Waals surface area (Å²) in [5.74, 6) is -1.69. The monoisotopic (exact) mass is 331 g/mol. The van der Waals surface area contributed by atoms with Gasteiger partial charge in [0.15, 0.2) is 5.82 Å². The van der Waals surface area contributed by atoms with Gasteiger partial charge in [-0.05, 0) is 34.0 Å². The molecule has 0 bridgehead atoms. The Morgan fingerprint density at radius 1 is 1.56 bits per heavy atom. The molecule has 0 aromatic heterocycles. The summed E-state index contributed by atoms with van der Waals surface area (Å²) in [4.78, 5) is 11.3. The van der Waals surface area contributed by atoms with Crippen LogP contribution in [0.1, 0.15) is 19.4 Å². The lowest BCUT2D eigenvalue weighted by Gasteiger charge is -2.16. The first-order valence-electron chi connectivity index (χ1n) is 5.16. The van der Waals surface area contributed by atoms with Crippen molar-refractivity contribution < 1.29 is 14.3 Å². The van der Waals surface area contributed by atoms with E-state index in [-0.39, 0.29) is 20.8 Å². The van der Waals surface area contributed by atoms with E-state index in [1.54, 1.807) is 13.8 Å². The molecule has 0 saturated heterocycles. The maximum atomic E-state index is 13.9. The van der Waals surface area contributed by atoms with Gasteiger partial charge in [-0.3, -0.25) is 4.79 Å². The third kappa shape index (κ3) is 3.24. The topological polar surface area (TPSA) is 61.1 Å². The van der Waals surface area contributed by atoms with Gasteiger partial charge in [-0.2, -0.15) is 5.26 Å². The summed E-state index contributed by atoms with van der Waals surface area (Å²) in [6.07, 6.45) is 0. The van der Waals surface area contributed by atoms with E-state index >= 15 is 0 Å². The van der Waals surface area contributed by atoms with Gasteiger partial charge < -0.3 is 5.11 Å². The zero-order valence-corrected chi connectivity index (χ0v) is 12.2. The fraction of sp³-hybridized carbons (Fsp3) is 0.333. The lowest BCUT2D eigenvalue weighted by Crippen LogP contribution is -2.22. The Morgan fingerprint density at radius 2 is 2.17 bits per heavy atom. The first kappa shape index (κ1) is 15.0. The molecule has 0 aliphatic rings. The summed E-state index contributed by atoms with van der Waals surface area (Å²) in [6, 6.07) is 4.75. The van der Waals surface area contributed by atoms with E-state index in [4.69, 9.17) is 10.4 Å². The zero-order chi connectivity index (χ0) is 13.9. The molecule has 0 spiro atoms. The average Bonchev–Trinajstić information content (AvgIpc) is 2.30. The lowest BCUT2D eigenvalue weighted by molar-refractivity contribution is -0.137. The highest BCUT2D eigenvalue weighted by Crippen LogP contribution is 2.34. The number of benzene rings is 1. The quantitative estimate of drug-likeness (QED) is 0.855.